The van der Waals surface area contributed by atoms with Crippen molar-refractivity contribution in [1.29, 1.82) is 0 Å². The van der Waals surface area contributed by atoms with Crippen molar-refractivity contribution in [2.24, 2.45) is 0 Å². The van der Waals surface area contributed by atoms with E-state index in [1.807, 2.05) is 31.2 Å². The SMILES string of the molecule is COc1ccccc1C(C)NC(=O)COc1ccc(C)cc1[N+](=O)[O-]. The molecular weight excluding hydrogens is 324 g/mol. The molecule has 7 nitrogen and oxygen atoms in total. The van der Waals surface area contributed by atoms with Crippen LogP contribution in [0.25, 0.3) is 0 Å². The first-order chi connectivity index (χ1) is 11.9. The van der Waals surface area contributed by atoms with Gasteiger partial charge in [-0.2, -0.15) is 0 Å². The summed E-state index contributed by atoms with van der Waals surface area (Å²) in [6.07, 6.45) is 0. The van der Waals surface area contributed by atoms with Crippen LogP contribution in [0.2, 0.25) is 0 Å². The molecule has 2 rings (SSSR count). The smallest absolute Gasteiger partial charge is 0.311 e. The van der Waals surface area contributed by atoms with Gasteiger partial charge in [0.05, 0.1) is 18.1 Å². The molecule has 0 saturated carbocycles. The van der Waals surface area contributed by atoms with E-state index in [-0.39, 0.29) is 30.0 Å². The Balaban J connectivity index is 2.00. The quantitative estimate of drug-likeness (QED) is 0.615. The lowest BCUT2D eigenvalue weighted by atomic mass is 10.1. The number of benzene rings is 2. The van der Waals surface area contributed by atoms with Gasteiger partial charge in [-0.1, -0.05) is 24.3 Å². The predicted molar refractivity (Wildman–Crippen MR) is 92.9 cm³/mol. The lowest BCUT2D eigenvalue weighted by molar-refractivity contribution is -0.385. The number of methoxy groups -OCH3 is 1. The predicted octanol–water partition coefficient (Wildman–Crippen LogP) is 3.17. The summed E-state index contributed by atoms with van der Waals surface area (Å²) in [7, 11) is 1.56. The van der Waals surface area contributed by atoms with Gasteiger partial charge < -0.3 is 14.8 Å². The van der Waals surface area contributed by atoms with Gasteiger partial charge in [0.1, 0.15) is 5.75 Å². The third-order valence-electron chi connectivity index (χ3n) is 3.65. The molecule has 1 atom stereocenters. The van der Waals surface area contributed by atoms with Crippen molar-refractivity contribution in [2.75, 3.05) is 13.7 Å². The molecule has 0 spiro atoms. The van der Waals surface area contributed by atoms with Gasteiger partial charge in [-0.3, -0.25) is 14.9 Å². The summed E-state index contributed by atoms with van der Waals surface area (Å²) < 4.78 is 10.6. The van der Waals surface area contributed by atoms with E-state index in [0.717, 1.165) is 11.1 Å². The minimum absolute atomic E-state index is 0.0655. The normalized spacial score (nSPS) is 11.5. The Morgan fingerprint density at radius 2 is 1.96 bits per heavy atom. The number of amides is 1. The molecule has 0 aliphatic rings. The first-order valence-electron chi connectivity index (χ1n) is 7.72. The van der Waals surface area contributed by atoms with Crippen LogP contribution >= 0.6 is 0 Å². The number of carbonyl (C=O) groups is 1. The summed E-state index contributed by atoms with van der Waals surface area (Å²) in [4.78, 5) is 22.6. The highest BCUT2D eigenvalue weighted by atomic mass is 16.6. The molecule has 2 aromatic carbocycles. The van der Waals surface area contributed by atoms with Gasteiger partial charge in [-0.15, -0.1) is 0 Å². The summed E-state index contributed by atoms with van der Waals surface area (Å²) in [5.41, 5.74) is 1.42. The van der Waals surface area contributed by atoms with Gasteiger partial charge in [0.2, 0.25) is 0 Å². The van der Waals surface area contributed by atoms with Crippen LogP contribution in [0.4, 0.5) is 5.69 Å². The Hall–Kier alpha value is -3.09. The Labute approximate surface area is 145 Å². The number of nitrogens with one attached hydrogen (secondary N) is 1. The van der Waals surface area contributed by atoms with Crippen LogP contribution in [0.5, 0.6) is 11.5 Å². The van der Waals surface area contributed by atoms with Gasteiger partial charge in [-0.25, -0.2) is 0 Å². The molecule has 0 aliphatic heterocycles. The molecule has 0 radical (unpaired) electrons. The van der Waals surface area contributed by atoms with E-state index >= 15 is 0 Å². The van der Waals surface area contributed by atoms with Crippen LogP contribution in [0.1, 0.15) is 24.1 Å². The van der Waals surface area contributed by atoms with Gasteiger partial charge in [0.25, 0.3) is 5.91 Å². The summed E-state index contributed by atoms with van der Waals surface area (Å²) in [6, 6.07) is 11.7. The number of nitrogens with zero attached hydrogens (tertiary/aromatic N) is 1. The second-order valence-electron chi connectivity index (χ2n) is 5.55. The molecule has 0 bridgehead atoms. The van der Waals surface area contributed by atoms with Crippen molar-refractivity contribution < 1.29 is 19.2 Å². The fourth-order valence-corrected chi connectivity index (χ4v) is 2.42. The van der Waals surface area contributed by atoms with E-state index in [1.165, 1.54) is 12.1 Å². The highest BCUT2D eigenvalue weighted by molar-refractivity contribution is 5.78. The molecule has 0 fully saturated rings. The van der Waals surface area contributed by atoms with Gasteiger partial charge in [0, 0.05) is 11.6 Å². The minimum Gasteiger partial charge on any atom is -0.496 e. The second kappa shape index (κ2) is 8.14. The maximum atomic E-state index is 12.1. The lowest BCUT2D eigenvalue weighted by Crippen LogP contribution is -2.31. The first kappa shape index (κ1) is 18.3. The van der Waals surface area contributed by atoms with E-state index in [2.05, 4.69) is 5.32 Å². The highest BCUT2D eigenvalue weighted by Gasteiger charge is 2.18. The van der Waals surface area contributed by atoms with Crippen LogP contribution in [-0.2, 0) is 4.79 Å². The maximum Gasteiger partial charge on any atom is 0.311 e. The fraction of sp³-hybridized carbons (Fsp3) is 0.278. The number of para-hydroxylation sites is 1. The van der Waals surface area contributed by atoms with Crippen molar-refractivity contribution in [1.82, 2.24) is 5.32 Å². The highest BCUT2D eigenvalue weighted by Crippen LogP contribution is 2.28. The lowest BCUT2D eigenvalue weighted by Gasteiger charge is -2.17. The molecule has 2 aromatic rings. The van der Waals surface area contributed by atoms with Crippen LogP contribution in [0.15, 0.2) is 42.5 Å². The molecule has 0 heterocycles. The number of nitro groups is 1. The summed E-state index contributed by atoms with van der Waals surface area (Å²) in [6.45, 7) is 3.26. The van der Waals surface area contributed by atoms with Crippen LogP contribution in [0, 0.1) is 17.0 Å². The Morgan fingerprint density at radius 3 is 2.64 bits per heavy atom. The zero-order valence-electron chi connectivity index (χ0n) is 14.3. The zero-order valence-corrected chi connectivity index (χ0v) is 14.3. The molecular formula is C18H20N2O5. The standard InChI is InChI=1S/C18H20N2O5/c1-12-8-9-17(15(10-12)20(22)23)25-11-18(21)19-13(2)14-6-4-5-7-16(14)24-3/h4-10,13H,11H2,1-3H3,(H,19,21). The molecule has 1 amide bonds. The average Bonchev–Trinajstić information content (AvgIpc) is 2.60. The third-order valence-corrected chi connectivity index (χ3v) is 3.65. The monoisotopic (exact) mass is 344 g/mol. The molecule has 0 saturated heterocycles. The second-order valence-corrected chi connectivity index (χ2v) is 5.55. The Morgan fingerprint density at radius 1 is 1.24 bits per heavy atom. The molecule has 0 aromatic heterocycles. The van der Waals surface area contributed by atoms with Gasteiger partial charge in [-0.05, 0) is 31.5 Å². The van der Waals surface area contributed by atoms with Crippen molar-refractivity contribution >= 4 is 11.6 Å². The largest absolute Gasteiger partial charge is 0.496 e. The number of rotatable bonds is 7. The molecule has 1 unspecified atom stereocenters. The van der Waals surface area contributed by atoms with Gasteiger partial charge >= 0.3 is 5.69 Å². The van der Waals surface area contributed by atoms with Crippen molar-refractivity contribution in [3.05, 3.63) is 63.7 Å². The van der Waals surface area contributed by atoms with Crippen molar-refractivity contribution in [3.63, 3.8) is 0 Å². The number of hydrogen-bond acceptors (Lipinski definition) is 5. The topological polar surface area (TPSA) is 90.7 Å². The minimum atomic E-state index is -0.530. The van der Waals surface area contributed by atoms with Crippen molar-refractivity contribution in [2.45, 2.75) is 19.9 Å². The summed E-state index contributed by atoms with van der Waals surface area (Å²) in [5, 5.41) is 13.9. The van der Waals surface area contributed by atoms with E-state index in [9.17, 15) is 14.9 Å². The third kappa shape index (κ3) is 4.69. The van der Waals surface area contributed by atoms with Gasteiger partial charge in [0.15, 0.2) is 12.4 Å². The number of aryl methyl sites for hydroxylation is 1. The fourth-order valence-electron chi connectivity index (χ4n) is 2.42. The first-order valence-corrected chi connectivity index (χ1v) is 7.72. The van der Waals surface area contributed by atoms with Crippen LogP contribution < -0.4 is 14.8 Å². The van der Waals surface area contributed by atoms with E-state index in [0.29, 0.717) is 5.75 Å². The van der Waals surface area contributed by atoms with Crippen LogP contribution in [0.3, 0.4) is 0 Å². The van der Waals surface area contributed by atoms with E-state index in [4.69, 9.17) is 9.47 Å². The number of carbonyl (C=O) groups excluding carboxylic acids is 1. The Bertz CT molecular complexity index is 776. The Kier molecular flexibility index (Phi) is 5.94. The number of hydrogen-bond donors (Lipinski definition) is 1. The summed E-state index contributed by atoms with van der Waals surface area (Å²) in [5.74, 6) is 0.356. The zero-order chi connectivity index (χ0) is 18.4. The van der Waals surface area contributed by atoms with E-state index < -0.39 is 4.92 Å². The molecule has 0 aliphatic carbocycles. The molecule has 25 heavy (non-hydrogen) atoms. The van der Waals surface area contributed by atoms with Crippen LogP contribution in [-0.4, -0.2) is 24.5 Å². The summed E-state index contributed by atoms with van der Waals surface area (Å²) >= 11 is 0. The molecule has 7 heteroatoms. The van der Waals surface area contributed by atoms with Crippen molar-refractivity contribution in [3.8, 4) is 11.5 Å². The van der Waals surface area contributed by atoms with E-state index in [1.54, 1.807) is 20.1 Å². The maximum absolute atomic E-state index is 12.1. The molecule has 1 N–H and O–H groups in total. The number of ether oxygens (including phenoxy) is 2. The molecule has 132 valence electrons. The number of nitro benzene ring substituents is 1. The average molecular weight is 344 g/mol.